The molecule has 1 heterocycles. The monoisotopic (exact) mass is 246 g/mol. The van der Waals surface area contributed by atoms with Gasteiger partial charge in [0.25, 0.3) is 0 Å². The number of likely N-dealkylation sites (tertiary alicyclic amines) is 1. The van der Waals surface area contributed by atoms with E-state index in [4.69, 9.17) is 0 Å². The van der Waals surface area contributed by atoms with E-state index in [1.165, 1.54) is 36.9 Å². The number of aryl methyl sites for hydroxylation is 1. The average Bonchev–Trinajstić information content (AvgIpc) is 2.37. The normalized spacial score (nSPS) is 22.9. The summed E-state index contributed by atoms with van der Waals surface area (Å²) in [7, 11) is 2.25. The first kappa shape index (κ1) is 13.6. The fourth-order valence-electron chi connectivity index (χ4n) is 2.77. The average molecular weight is 246 g/mol. The summed E-state index contributed by atoms with van der Waals surface area (Å²) < 4.78 is 0. The smallest absolute Gasteiger partial charge is 0.0292 e. The molecular weight excluding hydrogens is 220 g/mol. The zero-order valence-electron chi connectivity index (χ0n) is 11.9. The van der Waals surface area contributed by atoms with Gasteiger partial charge in [-0.1, -0.05) is 36.2 Å². The van der Waals surface area contributed by atoms with Crippen LogP contribution in [0.2, 0.25) is 0 Å². The van der Waals surface area contributed by atoms with E-state index >= 15 is 0 Å². The third kappa shape index (κ3) is 3.56. The molecule has 2 unspecified atom stereocenters. The van der Waals surface area contributed by atoms with Gasteiger partial charge in [-0.05, 0) is 45.8 Å². The van der Waals surface area contributed by atoms with Crippen LogP contribution >= 0.6 is 0 Å². The quantitative estimate of drug-likeness (QED) is 0.878. The van der Waals surface area contributed by atoms with E-state index in [1.807, 2.05) is 0 Å². The van der Waals surface area contributed by atoms with Crippen LogP contribution in [0.1, 0.15) is 43.4 Å². The van der Waals surface area contributed by atoms with E-state index in [0.29, 0.717) is 12.1 Å². The Bertz CT molecular complexity index is 375. The molecule has 1 N–H and O–H groups in total. The number of rotatable bonds is 4. The van der Waals surface area contributed by atoms with Crippen molar-refractivity contribution < 1.29 is 0 Å². The molecule has 0 spiro atoms. The van der Waals surface area contributed by atoms with Gasteiger partial charge < -0.3 is 10.2 Å². The van der Waals surface area contributed by atoms with Crippen molar-refractivity contribution in [1.29, 1.82) is 0 Å². The Hall–Kier alpha value is -0.860. The fraction of sp³-hybridized carbons (Fsp3) is 0.625. The Balaban J connectivity index is 1.86. The van der Waals surface area contributed by atoms with E-state index in [-0.39, 0.29) is 0 Å². The van der Waals surface area contributed by atoms with E-state index in [2.05, 4.69) is 55.4 Å². The fourth-order valence-corrected chi connectivity index (χ4v) is 2.77. The van der Waals surface area contributed by atoms with Gasteiger partial charge in [0.1, 0.15) is 0 Å². The lowest BCUT2D eigenvalue weighted by molar-refractivity contribution is 0.178. The summed E-state index contributed by atoms with van der Waals surface area (Å²) in [5.74, 6) is 0. The molecule has 2 atom stereocenters. The molecule has 0 amide bonds. The second kappa shape index (κ2) is 6.35. The molecule has 2 nitrogen and oxygen atoms in total. The Morgan fingerprint density at radius 3 is 2.94 bits per heavy atom. The summed E-state index contributed by atoms with van der Waals surface area (Å²) in [6.45, 7) is 6.78. The summed E-state index contributed by atoms with van der Waals surface area (Å²) in [5, 5.41) is 3.68. The molecule has 1 fully saturated rings. The van der Waals surface area contributed by atoms with Gasteiger partial charge in [-0.25, -0.2) is 0 Å². The summed E-state index contributed by atoms with van der Waals surface area (Å²) >= 11 is 0. The molecule has 1 aromatic carbocycles. The van der Waals surface area contributed by atoms with Crippen LogP contribution in [-0.4, -0.2) is 31.1 Å². The minimum atomic E-state index is 0.445. The zero-order valence-corrected chi connectivity index (χ0v) is 11.9. The highest BCUT2D eigenvalue weighted by Crippen LogP contribution is 2.17. The van der Waals surface area contributed by atoms with Crippen LogP contribution in [0.5, 0.6) is 0 Å². The Kier molecular flexibility index (Phi) is 4.79. The maximum absolute atomic E-state index is 3.68. The highest BCUT2D eigenvalue weighted by molar-refractivity contribution is 5.24. The number of hydrogen-bond donors (Lipinski definition) is 1. The first-order valence-corrected chi connectivity index (χ1v) is 7.17. The van der Waals surface area contributed by atoms with Gasteiger partial charge in [0.05, 0.1) is 0 Å². The molecule has 0 saturated carbocycles. The summed E-state index contributed by atoms with van der Waals surface area (Å²) in [6, 6.07) is 9.96. The van der Waals surface area contributed by atoms with Crippen molar-refractivity contribution in [2.45, 2.75) is 45.2 Å². The number of nitrogens with one attached hydrogen (secondary N) is 1. The third-order valence-corrected chi connectivity index (χ3v) is 4.12. The number of piperidine rings is 1. The molecule has 2 rings (SSSR count). The Morgan fingerprint density at radius 2 is 2.22 bits per heavy atom. The standard InChI is InChI=1S/C16H26N2/c1-13-7-6-8-15(11-13)14(2)17-12-16-9-4-5-10-18(16)3/h6-8,11,14,16-17H,4-5,9-10,12H2,1-3H3. The lowest BCUT2D eigenvalue weighted by Crippen LogP contribution is -2.43. The molecule has 2 heteroatoms. The van der Waals surface area contributed by atoms with Gasteiger partial charge in [0.2, 0.25) is 0 Å². The second-order valence-corrected chi connectivity index (χ2v) is 5.67. The zero-order chi connectivity index (χ0) is 13.0. The topological polar surface area (TPSA) is 15.3 Å². The maximum atomic E-state index is 3.68. The molecule has 0 bridgehead atoms. The van der Waals surface area contributed by atoms with E-state index in [0.717, 1.165) is 6.54 Å². The lowest BCUT2D eigenvalue weighted by atomic mass is 10.0. The van der Waals surface area contributed by atoms with Crippen molar-refractivity contribution in [3.8, 4) is 0 Å². The van der Waals surface area contributed by atoms with Crippen molar-refractivity contribution in [2.75, 3.05) is 20.1 Å². The van der Waals surface area contributed by atoms with Gasteiger partial charge in [-0.2, -0.15) is 0 Å². The molecule has 1 aliphatic heterocycles. The molecule has 18 heavy (non-hydrogen) atoms. The predicted molar refractivity (Wildman–Crippen MR) is 77.9 cm³/mol. The van der Waals surface area contributed by atoms with Gasteiger partial charge in [0.15, 0.2) is 0 Å². The van der Waals surface area contributed by atoms with Crippen molar-refractivity contribution in [3.05, 3.63) is 35.4 Å². The molecule has 1 saturated heterocycles. The molecule has 100 valence electrons. The molecule has 1 aromatic rings. The van der Waals surface area contributed by atoms with Crippen LogP contribution in [0.3, 0.4) is 0 Å². The second-order valence-electron chi connectivity index (χ2n) is 5.67. The van der Waals surface area contributed by atoms with Crippen molar-refractivity contribution in [3.63, 3.8) is 0 Å². The first-order valence-electron chi connectivity index (χ1n) is 7.17. The highest BCUT2D eigenvalue weighted by Gasteiger charge is 2.19. The van der Waals surface area contributed by atoms with Crippen LogP contribution in [0.4, 0.5) is 0 Å². The van der Waals surface area contributed by atoms with Crippen molar-refractivity contribution in [2.24, 2.45) is 0 Å². The first-order chi connectivity index (χ1) is 8.66. The Labute approximate surface area is 111 Å². The van der Waals surface area contributed by atoms with Crippen LogP contribution < -0.4 is 5.32 Å². The van der Waals surface area contributed by atoms with E-state index in [1.54, 1.807) is 0 Å². The lowest BCUT2D eigenvalue weighted by Gasteiger charge is -2.33. The van der Waals surface area contributed by atoms with Crippen molar-refractivity contribution in [1.82, 2.24) is 10.2 Å². The third-order valence-electron chi connectivity index (χ3n) is 4.12. The van der Waals surface area contributed by atoms with Crippen LogP contribution in [0.25, 0.3) is 0 Å². The predicted octanol–water partition coefficient (Wildman–Crippen LogP) is 3.13. The van der Waals surface area contributed by atoms with E-state index < -0.39 is 0 Å². The summed E-state index contributed by atoms with van der Waals surface area (Å²) in [6.07, 6.45) is 4.08. The minimum absolute atomic E-state index is 0.445. The molecular formula is C16H26N2. The highest BCUT2D eigenvalue weighted by atomic mass is 15.2. The molecule has 0 aliphatic carbocycles. The number of likely N-dealkylation sites (N-methyl/N-ethyl adjacent to an activating group) is 1. The van der Waals surface area contributed by atoms with Crippen LogP contribution in [0.15, 0.2) is 24.3 Å². The van der Waals surface area contributed by atoms with E-state index in [9.17, 15) is 0 Å². The van der Waals surface area contributed by atoms with Crippen LogP contribution in [-0.2, 0) is 0 Å². The van der Waals surface area contributed by atoms with Gasteiger partial charge in [0, 0.05) is 18.6 Å². The molecule has 0 radical (unpaired) electrons. The minimum Gasteiger partial charge on any atom is -0.309 e. The SMILES string of the molecule is Cc1cccc(C(C)NCC2CCCCN2C)c1. The summed E-state index contributed by atoms with van der Waals surface area (Å²) in [4.78, 5) is 2.50. The molecule has 0 aromatic heterocycles. The number of nitrogens with zero attached hydrogens (tertiary/aromatic N) is 1. The van der Waals surface area contributed by atoms with Gasteiger partial charge >= 0.3 is 0 Å². The number of hydrogen-bond acceptors (Lipinski definition) is 2. The Morgan fingerprint density at radius 1 is 1.39 bits per heavy atom. The molecule has 1 aliphatic rings. The van der Waals surface area contributed by atoms with Gasteiger partial charge in [-0.3, -0.25) is 0 Å². The maximum Gasteiger partial charge on any atom is 0.0292 e. The van der Waals surface area contributed by atoms with Crippen LogP contribution in [0, 0.1) is 6.92 Å². The van der Waals surface area contributed by atoms with Gasteiger partial charge in [-0.15, -0.1) is 0 Å². The number of benzene rings is 1. The summed E-state index contributed by atoms with van der Waals surface area (Å²) in [5.41, 5.74) is 2.74. The van der Waals surface area contributed by atoms with Crippen molar-refractivity contribution >= 4 is 0 Å². The largest absolute Gasteiger partial charge is 0.309 e.